The van der Waals surface area contributed by atoms with Crippen molar-refractivity contribution in [2.45, 2.75) is 17.6 Å². The summed E-state index contributed by atoms with van der Waals surface area (Å²) in [6.45, 7) is 1.96. The maximum absolute atomic E-state index is 11.2. The lowest BCUT2D eigenvalue weighted by atomic mass is 10.2. The lowest BCUT2D eigenvalue weighted by Crippen LogP contribution is -2.30. The molecular weight excluding hydrogens is 264 g/mol. The fourth-order valence-electron chi connectivity index (χ4n) is 1.50. The molecule has 0 unspecified atom stereocenters. The predicted molar refractivity (Wildman–Crippen MR) is 73.3 cm³/mol. The van der Waals surface area contributed by atoms with E-state index in [9.17, 15) is 4.79 Å². The first kappa shape index (κ1) is 13.4. The zero-order chi connectivity index (χ0) is 13.8. The molecule has 1 heterocycles. The van der Waals surface area contributed by atoms with E-state index in [2.05, 4.69) is 5.16 Å². The third-order valence-electron chi connectivity index (χ3n) is 2.62. The smallest absolute Gasteiger partial charge is 0.287 e. The van der Waals surface area contributed by atoms with Crippen molar-refractivity contribution < 1.29 is 9.32 Å². The maximum atomic E-state index is 11.2. The Bertz CT molecular complexity index is 597. The molecule has 2 rings (SSSR count). The third-order valence-corrected chi connectivity index (χ3v) is 3.80. The zero-order valence-electron chi connectivity index (χ0n) is 10.3. The van der Waals surface area contributed by atoms with Gasteiger partial charge in [0.05, 0.1) is 5.75 Å². The van der Waals surface area contributed by atoms with Crippen molar-refractivity contribution in [1.82, 2.24) is 10.6 Å². The number of benzene rings is 1. The Kier molecular flexibility index (Phi) is 4.08. The van der Waals surface area contributed by atoms with Gasteiger partial charge < -0.3 is 10.3 Å². The van der Waals surface area contributed by atoms with E-state index >= 15 is 0 Å². The lowest BCUT2D eigenvalue weighted by Gasteiger charge is -2.06. The molecule has 5 N–H and O–H groups in total. The van der Waals surface area contributed by atoms with Crippen molar-refractivity contribution in [3.05, 3.63) is 41.3 Å². The monoisotopic (exact) mass is 278 g/mol. The van der Waals surface area contributed by atoms with Crippen LogP contribution in [0.4, 0.5) is 5.69 Å². The highest BCUT2D eigenvalue weighted by Crippen LogP contribution is 2.28. The second-order valence-corrected chi connectivity index (χ2v) is 4.93. The first-order valence-electron chi connectivity index (χ1n) is 5.56. The molecule has 0 aliphatic rings. The highest BCUT2D eigenvalue weighted by Gasteiger charge is 2.11. The van der Waals surface area contributed by atoms with Crippen LogP contribution < -0.4 is 17.0 Å². The summed E-state index contributed by atoms with van der Waals surface area (Å²) >= 11 is 1.57. The number of carbonyl (C=O) groups is 1. The number of rotatable bonds is 4. The number of carbonyl (C=O) groups excluding carboxylic acids is 1. The van der Waals surface area contributed by atoms with Gasteiger partial charge in [0.1, 0.15) is 5.76 Å². The number of anilines is 1. The van der Waals surface area contributed by atoms with Gasteiger partial charge in [-0.1, -0.05) is 11.2 Å². The van der Waals surface area contributed by atoms with Crippen LogP contribution in [0.5, 0.6) is 0 Å². The second-order valence-electron chi connectivity index (χ2n) is 3.91. The van der Waals surface area contributed by atoms with Crippen LogP contribution >= 0.6 is 11.8 Å². The van der Waals surface area contributed by atoms with E-state index < -0.39 is 5.91 Å². The van der Waals surface area contributed by atoms with E-state index in [1.54, 1.807) is 17.8 Å². The van der Waals surface area contributed by atoms with Crippen LogP contribution in [0.25, 0.3) is 0 Å². The Labute approximate surface area is 114 Å². The molecule has 0 saturated heterocycles. The van der Waals surface area contributed by atoms with E-state index in [4.69, 9.17) is 16.1 Å². The molecule has 1 aromatic carbocycles. The van der Waals surface area contributed by atoms with Gasteiger partial charge in [-0.25, -0.2) is 5.84 Å². The molecule has 1 amide bonds. The summed E-state index contributed by atoms with van der Waals surface area (Å²) in [5.41, 5.74) is 9.79. The van der Waals surface area contributed by atoms with Gasteiger partial charge in [0.15, 0.2) is 5.69 Å². The van der Waals surface area contributed by atoms with Crippen LogP contribution in [0.1, 0.15) is 21.8 Å². The lowest BCUT2D eigenvalue weighted by molar-refractivity contribution is 0.0944. The highest BCUT2D eigenvalue weighted by atomic mass is 32.2. The Morgan fingerprint density at radius 1 is 1.53 bits per heavy atom. The predicted octanol–water partition coefficient (Wildman–Crippen LogP) is 1.46. The summed E-state index contributed by atoms with van der Waals surface area (Å²) in [5, 5.41) is 3.63. The minimum atomic E-state index is -0.472. The van der Waals surface area contributed by atoms with Gasteiger partial charge in [0.2, 0.25) is 0 Å². The summed E-state index contributed by atoms with van der Waals surface area (Å²) in [6.07, 6.45) is 0. The largest absolute Gasteiger partial charge is 0.398 e. The fourth-order valence-corrected chi connectivity index (χ4v) is 2.44. The first-order valence-corrected chi connectivity index (χ1v) is 6.55. The topological polar surface area (TPSA) is 107 Å². The molecule has 100 valence electrons. The number of nitrogens with two attached hydrogens (primary N) is 2. The molecule has 0 spiro atoms. The van der Waals surface area contributed by atoms with Crippen molar-refractivity contribution in [3.8, 4) is 0 Å². The minimum Gasteiger partial charge on any atom is -0.398 e. The number of hydrazine groups is 1. The third kappa shape index (κ3) is 3.07. The Morgan fingerprint density at radius 2 is 2.32 bits per heavy atom. The van der Waals surface area contributed by atoms with Crippen LogP contribution in [-0.2, 0) is 5.75 Å². The van der Waals surface area contributed by atoms with Crippen molar-refractivity contribution in [3.63, 3.8) is 0 Å². The quantitative estimate of drug-likeness (QED) is 0.257. The van der Waals surface area contributed by atoms with Crippen molar-refractivity contribution in [2.75, 3.05) is 5.73 Å². The zero-order valence-corrected chi connectivity index (χ0v) is 11.2. The van der Waals surface area contributed by atoms with Gasteiger partial charge in [0, 0.05) is 16.6 Å². The summed E-state index contributed by atoms with van der Waals surface area (Å²) in [5.74, 6) is 5.71. The summed E-state index contributed by atoms with van der Waals surface area (Å²) in [7, 11) is 0. The number of hydrogen-bond donors (Lipinski definition) is 3. The average Bonchev–Trinajstić information content (AvgIpc) is 2.88. The molecule has 0 aliphatic heterocycles. The van der Waals surface area contributed by atoms with E-state index in [1.165, 1.54) is 0 Å². The second kappa shape index (κ2) is 5.77. The summed E-state index contributed by atoms with van der Waals surface area (Å²) in [6, 6.07) is 7.31. The Morgan fingerprint density at radius 3 is 3.05 bits per heavy atom. The minimum absolute atomic E-state index is 0.169. The molecule has 1 aromatic heterocycles. The highest BCUT2D eigenvalue weighted by molar-refractivity contribution is 7.98. The van der Waals surface area contributed by atoms with Crippen LogP contribution in [0.15, 0.2) is 33.7 Å². The fraction of sp³-hybridized carbons (Fsp3) is 0.167. The number of nitrogens with zero attached hydrogens (tertiary/aromatic N) is 1. The molecule has 0 atom stereocenters. The van der Waals surface area contributed by atoms with Crippen molar-refractivity contribution >= 4 is 23.4 Å². The molecule has 7 heteroatoms. The molecule has 0 radical (unpaired) electrons. The standard InChI is InChI=1S/C12H14N4O2S/c1-7-9(13)3-2-4-11(7)19-6-8-5-10(16-18-8)12(17)15-14/h2-5H,6,13-14H2,1H3,(H,15,17). The van der Waals surface area contributed by atoms with E-state index in [0.29, 0.717) is 11.5 Å². The number of amides is 1. The van der Waals surface area contributed by atoms with Crippen LogP contribution in [0, 0.1) is 6.92 Å². The Hall–Kier alpha value is -1.99. The van der Waals surface area contributed by atoms with Gasteiger partial charge in [-0.3, -0.25) is 10.2 Å². The average molecular weight is 278 g/mol. The van der Waals surface area contributed by atoms with Crippen LogP contribution in [-0.4, -0.2) is 11.1 Å². The molecule has 2 aromatic rings. The van der Waals surface area contributed by atoms with Crippen molar-refractivity contribution in [1.29, 1.82) is 0 Å². The number of thioether (sulfide) groups is 1. The molecular formula is C12H14N4O2S. The van der Waals surface area contributed by atoms with Gasteiger partial charge >= 0.3 is 0 Å². The van der Waals surface area contributed by atoms with E-state index in [1.807, 2.05) is 30.5 Å². The van der Waals surface area contributed by atoms with Crippen LogP contribution in [0.3, 0.4) is 0 Å². The normalized spacial score (nSPS) is 10.4. The SMILES string of the molecule is Cc1c(N)cccc1SCc1cc(C(=O)NN)no1. The van der Waals surface area contributed by atoms with Gasteiger partial charge in [-0.05, 0) is 24.6 Å². The molecule has 6 nitrogen and oxygen atoms in total. The van der Waals surface area contributed by atoms with Gasteiger partial charge in [-0.2, -0.15) is 0 Å². The van der Waals surface area contributed by atoms with Gasteiger partial charge in [-0.15, -0.1) is 11.8 Å². The summed E-state index contributed by atoms with van der Waals surface area (Å²) < 4.78 is 5.06. The number of hydrogen-bond acceptors (Lipinski definition) is 6. The van der Waals surface area contributed by atoms with E-state index in [-0.39, 0.29) is 5.69 Å². The molecule has 0 bridgehead atoms. The van der Waals surface area contributed by atoms with Crippen molar-refractivity contribution in [2.24, 2.45) is 5.84 Å². The van der Waals surface area contributed by atoms with Gasteiger partial charge in [0.25, 0.3) is 5.91 Å². The molecule has 19 heavy (non-hydrogen) atoms. The molecule has 0 aliphatic carbocycles. The first-order chi connectivity index (χ1) is 9.11. The van der Waals surface area contributed by atoms with Crippen LogP contribution in [0.2, 0.25) is 0 Å². The number of nitrogen functional groups attached to an aromatic ring is 2. The summed E-state index contributed by atoms with van der Waals surface area (Å²) in [4.78, 5) is 12.3. The molecule has 0 saturated carbocycles. The number of nitrogens with one attached hydrogen (secondary N) is 1. The maximum Gasteiger partial charge on any atom is 0.287 e. The Balaban J connectivity index is 2.04. The van der Waals surface area contributed by atoms with E-state index in [0.717, 1.165) is 16.1 Å². The molecule has 0 fully saturated rings. The number of aromatic nitrogens is 1.